The van der Waals surface area contributed by atoms with E-state index in [9.17, 15) is 4.79 Å². The zero-order valence-electron chi connectivity index (χ0n) is 14.1. The van der Waals surface area contributed by atoms with Gasteiger partial charge in [-0.1, -0.05) is 6.07 Å². The molecule has 24 heavy (non-hydrogen) atoms. The minimum atomic E-state index is -0.0164. The molecule has 3 rings (SSSR count). The number of amides is 1. The molecule has 1 fully saturated rings. The summed E-state index contributed by atoms with van der Waals surface area (Å²) in [4.78, 5) is 27.7. The number of rotatable bonds is 4. The van der Waals surface area contributed by atoms with Crippen molar-refractivity contribution < 1.29 is 9.53 Å². The number of morpholine rings is 1. The van der Waals surface area contributed by atoms with Crippen molar-refractivity contribution in [2.45, 2.75) is 32.7 Å². The van der Waals surface area contributed by atoms with Crippen molar-refractivity contribution >= 4 is 5.91 Å². The van der Waals surface area contributed by atoms with Crippen LogP contribution in [0.25, 0.3) is 0 Å². The van der Waals surface area contributed by atoms with Gasteiger partial charge in [-0.3, -0.25) is 19.7 Å². The molecular weight excluding hydrogens is 304 g/mol. The van der Waals surface area contributed by atoms with Crippen LogP contribution in [-0.2, 0) is 11.2 Å². The summed E-state index contributed by atoms with van der Waals surface area (Å²) in [5.41, 5.74) is 3.34. The first-order chi connectivity index (χ1) is 11.7. The summed E-state index contributed by atoms with van der Waals surface area (Å²) >= 11 is 0. The van der Waals surface area contributed by atoms with Crippen LogP contribution in [0.4, 0.5) is 0 Å². The van der Waals surface area contributed by atoms with Gasteiger partial charge in [-0.05, 0) is 38.3 Å². The van der Waals surface area contributed by atoms with Crippen LogP contribution in [0.3, 0.4) is 0 Å². The van der Waals surface area contributed by atoms with Crippen molar-refractivity contribution in [3.05, 3.63) is 53.4 Å². The van der Waals surface area contributed by atoms with Crippen LogP contribution in [0.2, 0.25) is 0 Å². The molecule has 0 aliphatic carbocycles. The van der Waals surface area contributed by atoms with Gasteiger partial charge in [0.15, 0.2) is 0 Å². The zero-order chi connectivity index (χ0) is 16.9. The Morgan fingerprint density at radius 3 is 2.88 bits per heavy atom. The average molecular weight is 326 g/mol. The number of aromatic nitrogens is 3. The van der Waals surface area contributed by atoms with Gasteiger partial charge >= 0.3 is 0 Å². The maximum atomic E-state index is 12.9. The quantitative estimate of drug-likeness (QED) is 0.859. The Bertz CT molecular complexity index is 720. The second-order valence-corrected chi connectivity index (χ2v) is 6.02. The minimum Gasteiger partial charge on any atom is -0.377 e. The molecule has 1 saturated heterocycles. The SMILES string of the molecule is Cc1cccnc1C(=O)N1CCOC[C@@H]1CCc1nccnc1C. The number of hydrogen-bond acceptors (Lipinski definition) is 5. The Hall–Kier alpha value is -2.34. The van der Waals surface area contributed by atoms with Gasteiger partial charge in [0, 0.05) is 25.1 Å². The van der Waals surface area contributed by atoms with Crippen LogP contribution >= 0.6 is 0 Å². The summed E-state index contributed by atoms with van der Waals surface area (Å²) < 4.78 is 5.60. The molecule has 6 nitrogen and oxygen atoms in total. The first-order valence-corrected chi connectivity index (χ1v) is 8.23. The lowest BCUT2D eigenvalue weighted by atomic mass is 10.0. The van der Waals surface area contributed by atoms with Gasteiger partial charge in [-0.15, -0.1) is 0 Å². The van der Waals surface area contributed by atoms with Crippen molar-refractivity contribution in [1.29, 1.82) is 0 Å². The van der Waals surface area contributed by atoms with Crippen LogP contribution in [0.15, 0.2) is 30.7 Å². The largest absolute Gasteiger partial charge is 0.377 e. The summed E-state index contributed by atoms with van der Waals surface area (Å²) in [5, 5.41) is 0. The third-order valence-corrected chi connectivity index (χ3v) is 4.40. The highest BCUT2D eigenvalue weighted by Crippen LogP contribution is 2.18. The van der Waals surface area contributed by atoms with E-state index < -0.39 is 0 Å². The number of carbonyl (C=O) groups excluding carboxylic acids is 1. The standard InChI is InChI=1S/C18H22N4O2/c1-13-4-3-7-21-17(13)18(23)22-10-11-24-12-15(22)5-6-16-14(2)19-8-9-20-16/h3-4,7-9,15H,5-6,10-12H2,1-2H3/t15-/m0/s1. The van der Waals surface area contributed by atoms with E-state index in [1.165, 1.54) is 0 Å². The van der Waals surface area contributed by atoms with E-state index in [1.807, 2.05) is 30.9 Å². The molecule has 1 aliphatic heterocycles. The van der Waals surface area contributed by atoms with Crippen molar-refractivity contribution in [2.75, 3.05) is 19.8 Å². The Balaban J connectivity index is 1.73. The maximum absolute atomic E-state index is 12.9. The molecule has 0 bridgehead atoms. The van der Waals surface area contributed by atoms with Gasteiger partial charge in [-0.25, -0.2) is 0 Å². The Morgan fingerprint density at radius 1 is 1.25 bits per heavy atom. The second-order valence-electron chi connectivity index (χ2n) is 6.02. The highest BCUT2D eigenvalue weighted by atomic mass is 16.5. The normalized spacial score (nSPS) is 17.8. The van der Waals surface area contributed by atoms with E-state index in [2.05, 4.69) is 15.0 Å². The van der Waals surface area contributed by atoms with Crippen molar-refractivity contribution in [3.8, 4) is 0 Å². The maximum Gasteiger partial charge on any atom is 0.273 e. The second kappa shape index (κ2) is 7.49. The Labute approximate surface area is 141 Å². The van der Waals surface area contributed by atoms with Gasteiger partial charge < -0.3 is 9.64 Å². The van der Waals surface area contributed by atoms with Gasteiger partial charge in [0.1, 0.15) is 5.69 Å². The average Bonchev–Trinajstić information content (AvgIpc) is 2.61. The molecule has 2 aromatic heterocycles. The summed E-state index contributed by atoms with van der Waals surface area (Å²) in [5.74, 6) is -0.0164. The van der Waals surface area contributed by atoms with Crippen molar-refractivity contribution in [2.24, 2.45) is 0 Å². The predicted molar refractivity (Wildman–Crippen MR) is 89.7 cm³/mol. The highest BCUT2D eigenvalue weighted by Gasteiger charge is 2.29. The van der Waals surface area contributed by atoms with Gasteiger partial charge in [0.2, 0.25) is 0 Å². The molecule has 1 amide bonds. The monoisotopic (exact) mass is 326 g/mol. The third-order valence-electron chi connectivity index (χ3n) is 4.40. The van der Waals surface area contributed by atoms with Crippen LogP contribution in [0.5, 0.6) is 0 Å². The number of carbonyl (C=O) groups is 1. The minimum absolute atomic E-state index is 0.0164. The molecule has 0 radical (unpaired) electrons. The molecule has 0 aromatic carbocycles. The molecule has 126 valence electrons. The first kappa shape index (κ1) is 16.5. The van der Waals surface area contributed by atoms with Gasteiger partial charge in [-0.2, -0.15) is 0 Å². The van der Waals surface area contributed by atoms with E-state index in [0.717, 1.165) is 29.8 Å². The zero-order valence-corrected chi connectivity index (χ0v) is 14.1. The number of nitrogens with zero attached hydrogens (tertiary/aromatic N) is 4. The van der Waals surface area contributed by atoms with Gasteiger partial charge in [0.05, 0.1) is 30.6 Å². The predicted octanol–water partition coefficient (Wildman–Crippen LogP) is 1.96. The molecule has 0 spiro atoms. The molecule has 6 heteroatoms. The number of ether oxygens (including phenoxy) is 1. The van der Waals surface area contributed by atoms with Crippen LogP contribution in [0, 0.1) is 13.8 Å². The summed E-state index contributed by atoms with van der Waals surface area (Å²) in [6, 6.07) is 3.80. The molecule has 3 heterocycles. The molecule has 0 unspecified atom stereocenters. The summed E-state index contributed by atoms with van der Waals surface area (Å²) in [6.45, 7) is 5.59. The Morgan fingerprint density at radius 2 is 2.08 bits per heavy atom. The fourth-order valence-electron chi connectivity index (χ4n) is 2.99. The molecule has 0 N–H and O–H groups in total. The van der Waals surface area contributed by atoms with E-state index in [4.69, 9.17) is 4.74 Å². The van der Waals surface area contributed by atoms with Crippen LogP contribution in [0.1, 0.15) is 33.9 Å². The molecular formula is C18H22N4O2. The topological polar surface area (TPSA) is 68.2 Å². The Kier molecular flexibility index (Phi) is 5.15. The smallest absolute Gasteiger partial charge is 0.273 e. The molecule has 1 atom stereocenters. The number of pyridine rings is 1. The fraction of sp³-hybridized carbons (Fsp3) is 0.444. The first-order valence-electron chi connectivity index (χ1n) is 8.23. The van der Waals surface area contributed by atoms with Crippen LogP contribution < -0.4 is 0 Å². The molecule has 2 aromatic rings. The summed E-state index contributed by atoms with van der Waals surface area (Å²) in [7, 11) is 0. The van der Waals surface area contributed by atoms with E-state index in [1.54, 1.807) is 18.6 Å². The summed E-state index contributed by atoms with van der Waals surface area (Å²) in [6.07, 6.45) is 6.65. The number of aryl methyl sites for hydroxylation is 3. The van der Waals surface area contributed by atoms with E-state index >= 15 is 0 Å². The third kappa shape index (κ3) is 3.59. The van der Waals surface area contributed by atoms with Crippen molar-refractivity contribution in [3.63, 3.8) is 0 Å². The fourth-order valence-corrected chi connectivity index (χ4v) is 2.99. The number of hydrogen-bond donors (Lipinski definition) is 0. The lowest BCUT2D eigenvalue weighted by molar-refractivity contribution is -0.00448. The van der Waals surface area contributed by atoms with Gasteiger partial charge in [0.25, 0.3) is 5.91 Å². The highest BCUT2D eigenvalue weighted by molar-refractivity contribution is 5.93. The molecule has 1 aliphatic rings. The molecule has 0 saturated carbocycles. The lowest BCUT2D eigenvalue weighted by Crippen LogP contribution is -2.49. The van der Waals surface area contributed by atoms with E-state index in [0.29, 0.717) is 25.5 Å². The lowest BCUT2D eigenvalue weighted by Gasteiger charge is -2.35. The van der Waals surface area contributed by atoms with Crippen LogP contribution in [-0.4, -0.2) is 51.6 Å². The van der Waals surface area contributed by atoms with Crippen molar-refractivity contribution in [1.82, 2.24) is 19.9 Å². The van der Waals surface area contributed by atoms with E-state index in [-0.39, 0.29) is 11.9 Å².